The summed E-state index contributed by atoms with van der Waals surface area (Å²) in [5.74, 6) is 0. The van der Waals surface area contributed by atoms with Gasteiger partial charge in [0.1, 0.15) is 0 Å². The van der Waals surface area contributed by atoms with E-state index in [1.807, 2.05) is 0 Å². The molecule has 0 amide bonds. The topological polar surface area (TPSA) is 132 Å². The van der Waals surface area contributed by atoms with Crippen LogP contribution in [0.4, 0.5) is 0 Å². The van der Waals surface area contributed by atoms with E-state index >= 15 is 0 Å². The molecule has 0 aromatic heterocycles. The van der Waals surface area contributed by atoms with Gasteiger partial charge in [0, 0.05) is 0 Å². The second-order valence-corrected chi connectivity index (χ2v) is 5.37. The van der Waals surface area contributed by atoms with Gasteiger partial charge in [0.2, 0.25) is 0 Å². The minimum absolute atomic E-state index is 0. The van der Waals surface area contributed by atoms with E-state index in [1.165, 1.54) is 0 Å². The molecule has 0 unspecified atom stereocenters. The van der Waals surface area contributed by atoms with Gasteiger partial charge in [0.15, 0.2) is 0 Å². The van der Waals surface area contributed by atoms with Gasteiger partial charge in [0.25, 0.3) is 0 Å². The van der Waals surface area contributed by atoms with Crippen LogP contribution in [-0.4, -0.2) is 52.4 Å². The Morgan fingerprint density at radius 3 is 1.00 bits per heavy atom. The van der Waals surface area contributed by atoms with E-state index in [0.29, 0.717) is 0 Å². The van der Waals surface area contributed by atoms with Gasteiger partial charge in [-0.3, -0.25) is 0 Å². The first kappa shape index (κ1) is 24.2. The largest absolute Gasteiger partial charge is 3.00 e. The Bertz CT molecular complexity index is 134. The van der Waals surface area contributed by atoms with Crippen LogP contribution < -0.4 is 24.5 Å². The van der Waals surface area contributed by atoms with Crippen molar-refractivity contribution in [3.8, 4) is 0 Å². The zero-order chi connectivity index (χ0) is 9.00. The molecule has 0 bridgehead atoms. The third kappa shape index (κ3) is 228. The molecule has 0 rings (SSSR count). The summed E-state index contributed by atoms with van der Waals surface area (Å²) in [6.07, 6.45) is 0. The van der Waals surface area contributed by atoms with Crippen molar-refractivity contribution in [2.45, 2.75) is 0 Å². The van der Waals surface area contributed by atoms with Gasteiger partial charge in [-0.25, -0.2) is 6.80 Å². The smallest absolute Gasteiger partial charge is 0.844 e. The number of hydrogen-bond donors (Lipinski definition) is 0. The molecule has 0 aliphatic carbocycles. The van der Waals surface area contributed by atoms with Crippen LogP contribution in [0.2, 0.25) is 0 Å². The van der Waals surface area contributed by atoms with E-state index in [0.717, 1.165) is 0 Å². The second kappa shape index (κ2) is 10.3. The summed E-state index contributed by atoms with van der Waals surface area (Å²) in [7, 11) is 0. The monoisotopic (exact) mass is 640 g/mol. The predicted molar refractivity (Wildman–Crippen MR) is 40.8 cm³/mol. The summed E-state index contributed by atoms with van der Waals surface area (Å²) >= 11 is 6.54. The molecule has 0 N–H and O–H groups in total. The summed E-state index contributed by atoms with van der Waals surface area (Å²) < 4.78 is 8.92. The maximum absolute atomic E-state index is 8.92. The third-order valence-electron chi connectivity index (χ3n) is 0. The molecular formula is Bi2O6P2S2. The fourth-order valence-corrected chi connectivity index (χ4v) is 0. The predicted octanol–water partition coefficient (Wildman–Crippen LogP) is -5.11. The van der Waals surface area contributed by atoms with E-state index in [9.17, 15) is 0 Å². The molecule has 0 atom stereocenters. The van der Waals surface area contributed by atoms with Crippen molar-refractivity contribution in [2.75, 3.05) is 0 Å². The van der Waals surface area contributed by atoms with Crippen molar-refractivity contribution in [1.82, 2.24) is 0 Å². The van der Waals surface area contributed by atoms with Crippen molar-refractivity contribution < 1.29 is 29.0 Å². The van der Waals surface area contributed by atoms with Crippen LogP contribution in [0.3, 0.4) is 0 Å². The molecule has 12 heavy (non-hydrogen) atoms. The zero-order valence-corrected chi connectivity index (χ0v) is 15.4. The molecule has 0 aliphatic rings. The van der Waals surface area contributed by atoms with E-state index < -0.39 is 13.5 Å². The summed E-state index contributed by atoms with van der Waals surface area (Å²) in [4.78, 5) is 44.6. The fraction of sp³-hybridized carbons (Fsp3) is 0. The zero-order valence-electron chi connectivity index (χ0n) is 5.05. The molecular weight excluding hydrogens is 640 g/mol. The maximum Gasteiger partial charge on any atom is 3.00 e. The summed E-state index contributed by atoms with van der Waals surface area (Å²) in [6, 6.07) is 0. The van der Waals surface area contributed by atoms with Crippen LogP contribution in [0.5, 0.6) is 0 Å². The fourth-order valence-electron chi connectivity index (χ4n) is 0. The molecule has 4 radical (unpaired) electrons. The quantitative estimate of drug-likeness (QED) is 0.146. The van der Waals surface area contributed by atoms with Gasteiger partial charge in [-0.2, -0.15) is 11.8 Å². The van der Waals surface area contributed by atoms with E-state index in [1.54, 1.807) is 0 Å². The van der Waals surface area contributed by atoms with Gasteiger partial charge in [-0.15, -0.1) is 0 Å². The van der Waals surface area contributed by atoms with E-state index in [2.05, 4.69) is 24.1 Å². The van der Waals surface area contributed by atoms with Gasteiger partial charge < -0.3 is 48.0 Å². The van der Waals surface area contributed by atoms with E-state index in [4.69, 9.17) is 29.0 Å². The van der Waals surface area contributed by atoms with Crippen molar-refractivity contribution in [3.63, 3.8) is 0 Å². The van der Waals surface area contributed by atoms with Crippen LogP contribution in [-0.2, 0) is 28.6 Å². The van der Waals surface area contributed by atoms with Gasteiger partial charge in [-0.1, -0.05) is 0 Å². The minimum atomic E-state index is -4.56. The Labute approximate surface area is 118 Å². The van der Waals surface area contributed by atoms with Gasteiger partial charge in [0.05, 0.1) is 0 Å². The Kier molecular flexibility index (Phi) is 20.8. The summed E-state index contributed by atoms with van der Waals surface area (Å²) in [5, 5.41) is 0. The molecule has 12 heteroatoms. The standard InChI is InChI=1S/2Bi.2H3O3PS/c;;2*1-4(2,3)5/h;;2*(H3,1,2,3,5)/q2*+3;;/p-6. The van der Waals surface area contributed by atoms with Gasteiger partial charge in [-0.05, 0) is 0 Å². The summed E-state index contributed by atoms with van der Waals surface area (Å²) in [5.41, 5.74) is 0. The maximum atomic E-state index is 8.92. The Balaban J connectivity index is -0.0000000457. The molecule has 0 saturated carbocycles. The number of hydrogen-bond acceptors (Lipinski definition) is 8. The van der Waals surface area contributed by atoms with Crippen LogP contribution in [0.1, 0.15) is 0 Å². The van der Waals surface area contributed by atoms with Crippen molar-refractivity contribution >= 4 is 90.0 Å². The molecule has 0 aromatic carbocycles. The van der Waals surface area contributed by atoms with Crippen LogP contribution in [0.15, 0.2) is 0 Å². The normalized spacial score (nSPS) is 9.83. The number of rotatable bonds is 0. The minimum Gasteiger partial charge on any atom is -0.844 e. The molecule has 0 heterocycles. The van der Waals surface area contributed by atoms with Gasteiger partial charge >= 0.3 is 52.4 Å². The van der Waals surface area contributed by atoms with Crippen molar-refractivity contribution in [1.29, 1.82) is 0 Å². The average Bonchev–Trinajstić information content (AvgIpc) is 1.12. The van der Waals surface area contributed by atoms with Crippen molar-refractivity contribution in [3.05, 3.63) is 0 Å². The first-order valence-corrected chi connectivity index (χ1v) is 6.57. The molecule has 68 valence electrons. The van der Waals surface area contributed by atoms with Crippen LogP contribution in [0.25, 0.3) is 0 Å². The summed E-state index contributed by atoms with van der Waals surface area (Å²) in [6.45, 7) is -9.11. The third-order valence-corrected chi connectivity index (χ3v) is 0. The second-order valence-electron chi connectivity index (χ2n) is 0.894. The average molecular weight is 640 g/mol. The Hall–Kier alpha value is 2.80. The Morgan fingerprint density at radius 1 is 1.00 bits per heavy atom. The molecule has 0 fully saturated rings. The molecule has 0 aliphatic heterocycles. The van der Waals surface area contributed by atoms with E-state index in [-0.39, 0.29) is 52.4 Å². The SMILES string of the molecule is O=P([O-])([O-])[S-].[Bi+3].[Bi+3].[O-]P([O-])([O-])=S. The first-order valence-electron chi connectivity index (χ1n) is 1.46. The van der Waals surface area contributed by atoms with Crippen molar-refractivity contribution in [2.24, 2.45) is 0 Å². The molecule has 0 saturated heterocycles. The first-order chi connectivity index (χ1) is 4.00. The molecule has 0 aromatic rings. The molecule has 6 nitrogen and oxygen atoms in total. The van der Waals surface area contributed by atoms with Crippen LogP contribution >= 0.6 is 13.5 Å². The van der Waals surface area contributed by atoms with Crippen LogP contribution in [0, 0.1) is 0 Å². The Morgan fingerprint density at radius 2 is 1.00 bits per heavy atom. The molecule has 0 spiro atoms.